The van der Waals surface area contributed by atoms with Crippen LogP contribution in [0.2, 0.25) is 5.02 Å². The Hall–Kier alpha value is -1.85. The molecular formula is C14H15ClN4O. The summed E-state index contributed by atoms with van der Waals surface area (Å²) in [4.78, 5) is 14.4. The number of aromatic amines is 1. The van der Waals surface area contributed by atoms with Crippen LogP contribution in [0.5, 0.6) is 0 Å². The first-order valence-electron chi connectivity index (χ1n) is 6.45. The van der Waals surface area contributed by atoms with E-state index in [4.69, 9.17) is 11.6 Å². The molecule has 0 aliphatic carbocycles. The average molecular weight is 291 g/mol. The van der Waals surface area contributed by atoms with Gasteiger partial charge in [0.2, 0.25) is 0 Å². The van der Waals surface area contributed by atoms with Crippen molar-refractivity contribution in [1.82, 2.24) is 15.1 Å². The van der Waals surface area contributed by atoms with Gasteiger partial charge in [-0.05, 0) is 31.7 Å². The third kappa shape index (κ3) is 2.55. The third-order valence-corrected chi connectivity index (χ3v) is 3.68. The maximum Gasteiger partial charge on any atom is 0.256 e. The highest BCUT2D eigenvalue weighted by Gasteiger charge is 2.21. The van der Waals surface area contributed by atoms with E-state index in [1.165, 1.54) is 0 Å². The van der Waals surface area contributed by atoms with Gasteiger partial charge in [0.1, 0.15) is 0 Å². The fourth-order valence-electron chi connectivity index (χ4n) is 2.37. The average Bonchev–Trinajstić information content (AvgIpc) is 2.81. The number of fused-ring (bicyclic) bond motifs is 1. The SMILES string of the molecule is CN1CCc2c(NC(=O)c3cccc(Cl)c3)n[nH]c2C1. The summed E-state index contributed by atoms with van der Waals surface area (Å²) in [7, 11) is 2.06. The summed E-state index contributed by atoms with van der Waals surface area (Å²) in [6.07, 6.45) is 0.882. The summed E-state index contributed by atoms with van der Waals surface area (Å²) in [5, 5.41) is 10.6. The lowest BCUT2D eigenvalue weighted by Crippen LogP contribution is -2.26. The number of carbonyl (C=O) groups excluding carboxylic acids is 1. The Morgan fingerprint density at radius 2 is 2.35 bits per heavy atom. The van der Waals surface area contributed by atoms with E-state index in [1.807, 2.05) is 0 Å². The van der Waals surface area contributed by atoms with Crippen molar-refractivity contribution in [3.63, 3.8) is 0 Å². The van der Waals surface area contributed by atoms with Gasteiger partial charge in [-0.3, -0.25) is 9.89 Å². The maximum atomic E-state index is 12.2. The molecular weight excluding hydrogens is 276 g/mol. The van der Waals surface area contributed by atoms with Crippen molar-refractivity contribution in [3.8, 4) is 0 Å². The number of anilines is 1. The standard InChI is InChI=1S/C14H15ClN4O/c1-19-6-5-11-12(8-19)17-18-13(11)16-14(20)9-3-2-4-10(15)7-9/h2-4,7H,5-6,8H2,1H3,(H2,16,17,18,20). The summed E-state index contributed by atoms with van der Waals surface area (Å²) < 4.78 is 0. The van der Waals surface area contributed by atoms with Gasteiger partial charge in [0.15, 0.2) is 5.82 Å². The first-order chi connectivity index (χ1) is 9.63. The number of benzene rings is 1. The number of halogens is 1. The van der Waals surface area contributed by atoms with Gasteiger partial charge in [-0.2, -0.15) is 5.10 Å². The Bertz CT molecular complexity index is 652. The smallest absolute Gasteiger partial charge is 0.256 e. The van der Waals surface area contributed by atoms with Crippen molar-refractivity contribution >= 4 is 23.3 Å². The van der Waals surface area contributed by atoms with Crippen LogP contribution in [0, 0.1) is 0 Å². The lowest BCUT2D eigenvalue weighted by Gasteiger charge is -2.21. The van der Waals surface area contributed by atoms with E-state index in [1.54, 1.807) is 24.3 Å². The number of carbonyl (C=O) groups is 1. The minimum absolute atomic E-state index is 0.194. The fraction of sp³-hybridized carbons (Fsp3) is 0.286. The normalized spacial score (nSPS) is 14.9. The van der Waals surface area contributed by atoms with E-state index in [0.29, 0.717) is 16.4 Å². The molecule has 1 aromatic heterocycles. The van der Waals surface area contributed by atoms with Gasteiger partial charge in [-0.1, -0.05) is 17.7 Å². The molecule has 2 aromatic rings. The summed E-state index contributed by atoms with van der Waals surface area (Å²) in [6, 6.07) is 6.87. The van der Waals surface area contributed by atoms with Crippen LogP contribution in [0.3, 0.4) is 0 Å². The van der Waals surface area contributed by atoms with E-state index >= 15 is 0 Å². The number of H-pyrrole nitrogens is 1. The molecule has 0 saturated heterocycles. The molecule has 104 valence electrons. The number of hydrogen-bond acceptors (Lipinski definition) is 3. The maximum absolute atomic E-state index is 12.2. The zero-order chi connectivity index (χ0) is 14.1. The predicted molar refractivity (Wildman–Crippen MR) is 78.0 cm³/mol. The molecule has 0 atom stereocenters. The predicted octanol–water partition coefficient (Wildman–Crippen LogP) is 2.30. The van der Waals surface area contributed by atoms with Crippen LogP contribution in [0.4, 0.5) is 5.82 Å². The number of nitrogens with one attached hydrogen (secondary N) is 2. The minimum atomic E-state index is -0.194. The van der Waals surface area contributed by atoms with E-state index in [0.717, 1.165) is 30.8 Å². The molecule has 1 aliphatic heterocycles. The van der Waals surface area contributed by atoms with Crippen LogP contribution >= 0.6 is 11.6 Å². The van der Waals surface area contributed by atoms with Crippen molar-refractivity contribution in [2.75, 3.05) is 18.9 Å². The van der Waals surface area contributed by atoms with Gasteiger partial charge in [0, 0.05) is 29.2 Å². The van der Waals surface area contributed by atoms with Crippen LogP contribution in [0.15, 0.2) is 24.3 Å². The number of hydrogen-bond donors (Lipinski definition) is 2. The highest BCUT2D eigenvalue weighted by Crippen LogP contribution is 2.23. The van der Waals surface area contributed by atoms with Gasteiger partial charge in [-0.25, -0.2) is 0 Å². The topological polar surface area (TPSA) is 61.0 Å². The Kier molecular flexibility index (Phi) is 3.46. The lowest BCUT2D eigenvalue weighted by atomic mass is 10.1. The Morgan fingerprint density at radius 3 is 3.15 bits per heavy atom. The molecule has 2 N–H and O–H groups in total. The first-order valence-corrected chi connectivity index (χ1v) is 6.83. The molecule has 6 heteroatoms. The van der Waals surface area contributed by atoms with Crippen LogP contribution in [-0.2, 0) is 13.0 Å². The second-order valence-corrected chi connectivity index (χ2v) is 5.42. The van der Waals surface area contributed by atoms with Crippen LogP contribution in [0.1, 0.15) is 21.6 Å². The lowest BCUT2D eigenvalue weighted by molar-refractivity contribution is 0.102. The van der Waals surface area contributed by atoms with Gasteiger partial charge in [-0.15, -0.1) is 0 Å². The van der Waals surface area contributed by atoms with E-state index in [-0.39, 0.29) is 5.91 Å². The van der Waals surface area contributed by atoms with Crippen molar-refractivity contribution in [3.05, 3.63) is 46.1 Å². The number of nitrogens with zero attached hydrogens (tertiary/aromatic N) is 2. The van der Waals surface area contributed by atoms with E-state index < -0.39 is 0 Å². The molecule has 0 saturated carbocycles. The molecule has 0 bridgehead atoms. The quantitative estimate of drug-likeness (QED) is 0.892. The van der Waals surface area contributed by atoms with Gasteiger partial charge in [0.25, 0.3) is 5.91 Å². The summed E-state index contributed by atoms with van der Waals surface area (Å²) in [6.45, 7) is 1.79. The van der Waals surface area contributed by atoms with Gasteiger partial charge in [0.05, 0.1) is 5.69 Å². The van der Waals surface area contributed by atoms with Crippen molar-refractivity contribution in [2.45, 2.75) is 13.0 Å². The molecule has 3 rings (SSSR count). The van der Waals surface area contributed by atoms with Crippen LogP contribution in [-0.4, -0.2) is 34.6 Å². The van der Waals surface area contributed by atoms with Crippen LogP contribution < -0.4 is 5.32 Å². The highest BCUT2D eigenvalue weighted by molar-refractivity contribution is 6.31. The van der Waals surface area contributed by atoms with Crippen molar-refractivity contribution < 1.29 is 4.79 Å². The Morgan fingerprint density at radius 1 is 1.50 bits per heavy atom. The molecule has 20 heavy (non-hydrogen) atoms. The largest absolute Gasteiger partial charge is 0.305 e. The summed E-state index contributed by atoms with van der Waals surface area (Å²) >= 11 is 5.89. The van der Waals surface area contributed by atoms with Crippen molar-refractivity contribution in [2.24, 2.45) is 0 Å². The molecule has 0 unspecified atom stereocenters. The molecule has 2 heterocycles. The second kappa shape index (κ2) is 5.26. The molecule has 1 aromatic carbocycles. The molecule has 5 nitrogen and oxygen atoms in total. The van der Waals surface area contributed by atoms with Gasteiger partial charge < -0.3 is 10.2 Å². The zero-order valence-electron chi connectivity index (χ0n) is 11.1. The minimum Gasteiger partial charge on any atom is -0.305 e. The number of aromatic nitrogens is 2. The third-order valence-electron chi connectivity index (χ3n) is 3.44. The highest BCUT2D eigenvalue weighted by atomic mass is 35.5. The number of rotatable bonds is 2. The van der Waals surface area contributed by atoms with E-state index in [2.05, 4.69) is 27.5 Å². The Labute approximate surface area is 121 Å². The van der Waals surface area contributed by atoms with Crippen LogP contribution in [0.25, 0.3) is 0 Å². The van der Waals surface area contributed by atoms with E-state index in [9.17, 15) is 4.79 Å². The fourth-order valence-corrected chi connectivity index (χ4v) is 2.56. The molecule has 0 radical (unpaired) electrons. The summed E-state index contributed by atoms with van der Waals surface area (Å²) in [5.74, 6) is 0.429. The molecule has 0 fully saturated rings. The van der Waals surface area contributed by atoms with Crippen molar-refractivity contribution in [1.29, 1.82) is 0 Å². The molecule has 1 amide bonds. The number of likely N-dealkylation sites (N-methyl/N-ethyl adjacent to an activating group) is 1. The first kappa shape index (κ1) is 13.1. The molecule has 0 spiro atoms. The number of amides is 1. The zero-order valence-corrected chi connectivity index (χ0v) is 11.9. The Balaban J connectivity index is 1.80. The monoisotopic (exact) mass is 290 g/mol. The second-order valence-electron chi connectivity index (χ2n) is 4.98. The summed E-state index contributed by atoms with van der Waals surface area (Å²) in [5.41, 5.74) is 2.70. The van der Waals surface area contributed by atoms with Gasteiger partial charge >= 0.3 is 0 Å². The molecule has 1 aliphatic rings.